The van der Waals surface area contributed by atoms with Crippen molar-refractivity contribution >= 4 is 35.0 Å². The van der Waals surface area contributed by atoms with E-state index < -0.39 is 23.6 Å². The predicted octanol–water partition coefficient (Wildman–Crippen LogP) is -1.90. The summed E-state index contributed by atoms with van der Waals surface area (Å²) in [5.74, 6) is -4.42. The average molecular weight is 469 g/mol. The van der Waals surface area contributed by atoms with Crippen LogP contribution in [0.1, 0.15) is 25.2 Å². The molecule has 2 rings (SSSR count). The maximum atomic E-state index is 10.7. The number of carbonyl (C=O) groups excluding carboxylic acids is 2. The number of nitrogens with zero attached hydrogens (tertiary/aromatic N) is 6. The Kier molecular flexibility index (Phi) is 12.3. The first-order chi connectivity index (χ1) is 14.2. The summed E-state index contributed by atoms with van der Waals surface area (Å²) in [6, 6.07) is 10.5. The van der Waals surface area contributed by atoms with Gasteiger partial charge in [0.25, 0.3) is 11.8 Å². The third kappa shape index (κ3) is 10.4. The van der Waals surface area contributed by atoms with E-state index in [9.17, 15) is 19.8 Å². The zero-order valence-electron chi connectivity index (χ0n) is 16.4. The van der Waals surface area contributed by atoms with Gasteiger partial charge in [-0.15, -0.1) is 0 Å². The largest absolute Gasteiger partial charge is 2.00 e. The van der Waals surface area contributed by atoms with Gasteiger partial charge >= 0.3 is 16.5 Å². The molecule has 0 aromatic carbocycles. The van der Waals surface area contributed by atoms with E-state index in [0.29, 0.717) is 22.8 Å². The monoisotopic (exact) mass is 468 g/mol. The molecule has 0 aliphatic rings. The van der Waals surface area contributed by atoms with Crippen LogP contribution >= 0.6 is 0 Å². The van der Waals surface area contributed by atoms with Gasteiger partial charge in [0.2, 0.25) is 0 Å². The fraction of sp³-hybridized carbons (Fsp3) is 0.111. The molecule has 4 N–H and O–H groups in total. The molecular weight excluding hydrogens is 451 g/mol. The van der Waals surface area contributed by atoms with Gasteiger partial charge < -0.3 is 21.7 Å². The summed E-state index contributed by atoms with van der Waals surface area (Å²) in [6.07, 6.45) is 3.18. The van der Waals surface area contributed by atoms with Crippen LogP contribution in [-0.2, 0) is 26.1 Å². The van der Waals surface area contributed by atoms with Gasteiger partial charge in [-0.25, -0.2) is 0 Å². The van der Waals surface area contributed by atoms with Crippen LogP contribution in [-0.4, -0.2) is 45.0 Å². The van der Waals surface area contributed by atoms with Crippen LogP contribution < -0.4 is 21.7 Å². The molecule has 0 unspecified atom stereocenters. The summed E-state index contributed by atoms with van der Waals surface area (Å²) in [6.45, 7) is 3.25. The molecular formula is C18H18N8NiO4. The van der Waals surface area contributed by atoms with Crippen molar-refractivity contribution in [1.82, 2.24) is 9.97 Å². The molecule has 0 fully saturated rings. The van der Waals surface area contributed by atoms with Crippen LogP contribution in [0.2, 0.25) is 0 Å². The number of primary amides is 2. The third-order valence-electron chi connectivity index (χ3n) is 3.07. The quantitative estimate of drug-likeness (QED) is 0.226. The molecule has 0 aliphatic carbocycles. The van der Waals surface area contributed by atoms with Gasteiger partial charge in [0, 0.05) is 12.4 Å². The second kappa shape index (κ2) is 14.1. The molecule has 0 saturated heterocycles. The van der Waals surface area contributed by atoms with Gasteiger partial charge in [0.1, 0.15) is 0 Å². The minimum absolute atomic E-state index is 0. The normalized spacial score (nSPS) is 12.2. The van der Waals surface area contributed by atoms with Crippen LogP contribution in [0.3, 0.4) is 0 Å². The third-order valence-corrected chi connectivity index (χ3v) is 3.07. The fourth-order valence-electron chi connectivity index (χ4n) is 1.60. The molecule has 0 radical (unpaired) electrons. The zero-order valence-corrected chi connectivity index (χ0v) is 17.4. The number of aromatic nitrogens is 2. The van der Waals surface area contributed by atoms with Crippen LogP contribution in [0.4, 0.5) is 0 Å². The summed E-state index contributed by atoms with van der Waals surface area (Å²) >= 11 is 0. The molecule has 0 aliphatic heterocycles. The molecule has 2 heterocycles. The molecule has 2 amide bonds. The molecule has 0 saturated carbocycles. The fourth-order valence-corrected chi connectivity index (χ4v) is 1.60. The Labute approximate surface area is 187 Å². The van der Waals surface area contributed by atoms with Crippen molar-refractivity contribution < 1.29 is 36.3 Å². The first-order valence-electron chi connectivity index (χ1n) is 8.23. The molecule has 0 bridgehead atoms. The number of rotatable bonds is 4. The van der Waals surface area contributed by atoms with E-state index in [1.807, 2.05) is 0 Å². The minimum Gasteiger partial charge on any atom is -0.854 e. The number of carbonyl (C=O) groups is 2. The Morgan fingerprint density at radius 1 is 0.742 bits per heavy atom. The van der Waals surface area contributed by atoms with Crippen LogP contribution in [0.5, 0.6) is 0 Å². The zero-order chi connectivity index (χ0) is 22.5. The Hall–Kier alpha value is -3.99. The minimum atomic E-state index is -1.13. The summed E-state index contributed by atoms with van der Waals surface area (Å²) in [5.41, 5.74) is 11.4. The van der Waals surface area contributed by atoms with Gasteiger partial charge in [0.05, 0.1) is 34.6 Å². The molecule has 13 heteroatoms. The predicted molar refractivity (Wildman–Crippen MR) is 106 cm³/mol. The Balaban J connectivity index is 0.000000562. The number of amides is 2. The molecule has 2 aromatic rings. The van der Waals surface area contributed by atoms with E-state index in [1.165, 1.54) is 0 Å². The summed E-state index contributed by atoms with van der Waals surface area (Å²) in [4.78, 5) is 28.7. The standard InChI is InChI=1S/2C9H10N4O2.Ni/c2*1-6(7-4-2-3-5-11-7)12-13-9(15)8(10)14;/h2*2-5H,1H3,(H2,10,14)(H,13,15);/q;;+2/p-2/b2*12-6+;. The molecule has 12 nitrogen and oxygen atoms in total. The SMILES string of the molecule is C/C(=N\N=C(/[O-])C(N)=O)c1ccccn1.C/C(=N\N=C(/[O-])C(N)=O)c1ccccn1.[Ni+2]. The number of nitrogens with two attached hydrogens (primary N) is 2. The number of hydrogen-bond acceptors (Lipinski definition) is 10. The Morgan fingerprint density at radius 2 is 1.10 bits per heavy atom. The maximum Gasteiger partial charge on any atom is 2.00 e. The Bertz CT molecular complexity index is 911. The van der Waals surface area contributed by atoms with Gasteiger partial charge in [-0.2, -0.15) is 20.4 Å². The number of pyridine rings is 2. The van der Waals surface area contributed by atoms with Crippen molar-refractivity contribution in [2.45, 2.75) is 13.8 Å². The van der Waals surface area contributed by atoms with Gasteiger partial charge in [-0.1, -0.05) is 12.1 Å². The van der Waals surface area contributed by atoms with Crippen LogP contribution in [0.25, 0.3) is 0 Å². The van der Waals surface area contributed by atoms with Crippen LogP contribution in [0.15, 0.2) is 69.2 Å². The first-order valence-corrected chi connectivity index (χ1v) is 8.23. The molecule has 164 valence electrons. The van der Waals surface area contributed by atoms with E-state index in [-0.39, 0.29) is 16.5 Å². The van der Waals surface area contributed by atoms with Gasteiger partial charge in [0.15, 0.2) is 0 Å². The van der Waals surface area contributed by atoms with Crippen molar-refractivity contribution in [1.29, 1.82) is 0 Å². The second-order valence-corrected chi connectivity index (χ2v) is 5.34. The van der Waals surface area contributed by atoms with Crippen molar-refractivity contribution in [2.24, 2.45) is 31.9 Å². The summed E-state index contributed by atoms with van der Waals surface area (Å²) in [7, 11) is 0. The Morgan fingerprint density at radius 3 is 1.35 bits per heavy atom. The van der Waals surface area contributed by atoms with Crippen molar-refractivity contribution in [3.63, 3.8) is 0 Å². The molecule has 0 atom stereocenters. The summed E-state index contributed by atoms with van der Waals surface area (Å²) < 4.78 is 0. The van der Waals surface area contributed by atoms with Crippen molar-refractivity contribution in [2.75, 3.05) is 0 Å². The molecule has 0 spiro atoms. The van der Waals surface area contributed by atoms with E-state index in [0.717, 1.165) is 0 Å². The van der Waals surface area contributed by atoms with Gasteiger partial charge in [-0.05, 0) is 38.1 Å². The summed E-state index contributed by atoms with van der Waals surface area (Å²) in [5, 5.41) is 34.8. The van der Waals surface area contributed by atoms with E-state index in [2.05, 4.69) is 30.4 Å². The molecule has 2 aromatic heterocycles. The topological polar surface area (TPSA) is 208 Å². The van der Waals surface area contributed by atoms with Gasteiger partial charge in [-0.3, -0.25) is 19.6 Å². The second-order valence-electron chi connectivity index (χ2n) is 5.34. The van der Waals surface area contributed by atoms with Crippen molar-refractivity contribution in [3.05, 3.63) is 60.2 Å². The van der Waals surface area contributed by atoms with Crippen LogP contribution in [0, 0.1) is 0 Å². The smallest absolute Gasteiger partial charge is 0.854 e. The molecule has 31 heavy (non-hydrogen) atoms. The first kappa shape index (κ1) is 27.0. The van der Waals surface area contributed by atoms with Crippen molar-refractivity contribution in [3.8, 4) is 0 Å². The number of hydrogen-bond donors (Lipinski definition) is 2. The van der Waals surface area contributed by atoms with E-state index >= 15 is 0 Å². The van der Waals surface area contributed by atoms with E-state index in [1.54, 1.807) is 62.6 Å². The maximum absolute atomic E-state index is 10.7. The van der Waals surface area contributed by atoms with E-state index in [4.69, 9.17) is 11.5 Å². The average Bonchev–Trinajstić information content (AvgIpc) is 2.76.